The number of rotatable bonds is 4. The van der Waals surface area contributed by atoms with Gasteiger partial charge in [-0.25, -0.2) is 0 Å². The Labute approximate surface area is 132 Å². The summed E-state index contributed by atoms with van der Waals surface area (Å²) in [6, 6.07) is 1.21. The monoisotopic (exact) mass is 346 g/mol. The molecule has 1 aliphatic rings. The van der Waals surface area contributed by atoms with Crippen LogP contribution in [0.5, 0.6) is 0 Å². The summed E-state index contributed by atoms with van der Waals surface area (Å²) in [6.45, 7) is 24.1. The molecule has 0 saturated carbocycles. The molecule has 0 aromatic rings. The minimum Gasteiger partial charge on any atom is -0.337 e. The summed E-state index contributed by atoms with van der Waals surface area (Å²) < 4.78 is 13.6. The van der Waals surface area contributed by atoms with Crippen LogP contribution in [-0.2, 0) is 0 Å². The molecule has 118 valence electrons. The first-order valence-electron chi connectivity index (χ1n) is 7.72. The summed E-state index contributed by atoms with van der Waals surface area (Å²) in [7, 11) is -3.70. The Morgan fingerprint density at radius 3 is 1.45 bits per heavy atom. The molecule has 1 saturated heterocycles. The third-order valence-corrected chi connectivity index (χ3v) is 24.6. The van der Waals surface area contributed by atoms with Crippen LogP contribution in [0, 0.1) is 0 Å². The Morgan fingerprint density at radius 2 is 1.15 bits per heavy atom. The van der Waals surface area contributed by atoms with Gasteiger partial charge in [-0.15, -0.1) is 0 Å². The number of hydrogen-bond acceptors (Lipinski definition) is 4. The molecule has 0 aromatic heterocycles. The highest BCUT2D eigenvalue weighted by Crippen LogP contribution is 2.23. The molecule has 1 heterocycles. The second-order valence-corrected chi connectivity index (χ2v) is 22.9. The molecule has 2 radical (unpaired) electrons. The van der Waals surface area contributed by atoms with E-state index in [1.54, 1.807) is 0 Å². The summed E-state index contributed by atoms with van der Waals surface area (Å²) in [5.74, 6) is 0. The highest BCUT2D eigenvalue weighted by atomic mass is 28.5. The lowest BCUT2D eigenvalue weighted by Crippen LogP contribution is -2.89. The van der Waals surface area contributed by atoms with Crippen molar-refractivity contribution in [3.8, 4) is 0 Å². The van der Waals surface area contributed by atoms with Gasteiger partial charge in [0.15, 0.2) is 25.2 Å². The van der Waals surface area contributed by atoms with Crippen LogP contribution in [0.1, 0.15) is 27.7 Å². The van der Waals surface area contributed by atoms with E-state index >= 15 is 0 Å². The minimum absolute atomic E-state index is 0.607. The van der Waals surface area contributed by atoms with Crippen LogP contribution in [0.3, 0.4) is 0 Å². The van der Waals surface area contributed by atoms with Crippen LogP contribution in [0.15, 0.2) is 0 Å². The molecule has 0 aliphatic carbocycles. The van der Waals surface area contributed by atoms with Gasteiger partial charge >= 0.3 is 0 Å². The molecule has 0 bridgehead atoms. The predicted octanol–water partition coefficient (Wildman–Crippen LogP) is 2.24. The van der Waals surface area contributed by atoms with Crippen molar-refractivity contribution >= 4 is 35.0 Å². The van der Waals surface area contributed by atoms with Crippen molar-refractivity contribution in [3.63, 3.8) is 0 Å². The third kappa shape index (κ3) is 4.35. The second-order valence-electron chi connectivity index (χ2n) is 8.02. The van der Waals surface area contributed by atoms with Crippen molar-refractivity contribution in [2.45, 2.75) is 79.1 Å². The topological polar surface area (TPSA) is 30.5 Å². The van der Waals surface area contributed by atoms with Crippen LogP contribution in [0.2, 0.25) is 39.3 Å². The molecule has 0 atom stereocenters. The maximum Gasteiger partial charge on any atom is 0.238 e. The zero-order chi connectivity index (χ0) is 15.9. The van der Waals surface area contributed by atoms with Gasteiger partial charge in [-0.2, -0.15) is 0 Å². The van der Waals surface area contributed by atoms with Gasteiger partial charge in [0.2, 0.25) is 9.84 Å². The van der Waals surface area contributed by atoms with Crippen molar-refractivity contribution in [1.82, 2.24) is 17.8 Å². The lowest BCUT2D eigenvalue weighted by atomic mass is 10.3. The van der Waals surface area contributed by atoms with Crippen molar-refractivity contribution < 1.29 is 0 Å². The van der Waals surface area contributed by atoms with E-state index in [9.17, 15) is 0 Å². The van der Waals surface area contributed by atoms with E-state index in [1.165, 1.54) is 0 Å². The first-order valence-corrected chi connectivity index (χ1v) is 17.5. The highest BCUT2D eigenvalue weighted by Gasteiger charge is 2.52. The fraction of sp³-hybridized carbons (Fsp3) is 1.00. The average molecular weight is 347 g/mol. The molecule has 0 unspecified atom stereocenters. The highest BCUT2D eigenvalue weighted by molar-refractivity contribution is 7.07. The van der Waals surface area contributed by atoms with Gasteiger partial charge < -0.3 is 17.8 Å². The number of nitrogens with zero attached hydrogens (tertiary/aromatic N) is 2. The Balaban J connectivity index is 3.02. The summed E-state index contributed by atoms with van der Waals surface area (Å²) >= 11 is 0. The molecule has 20 heavy (non-hydrogen) atoms. The zero-order valence-corrected chi connectivity index (χ0v) is 19.0. The van der Waals surface area contributed by atoms with Gasteiger partial charge in [0.1, 0.15) is 0 Å². The standard InChI is InChI=1S/C12H34N4Si4/c1-11(2)15(12(3)4)17-16-19(7,8)13-18(5,6)14-20(16,9)10/h11-14H,1-10H3. The first kappa shape index (κ1) is 18.8. The van der Waals surface area contributed by atoms with Gasteiger partial charge in [-0.3, -0.25) is 0 Å². The molecule has 0 amide bonds. The predicted molar refractivity (Wildman–Crippen MR) is 98.4 cm³/mol. The maximum absolute atomic E-state index is 4.03. The van der Waals surface area contributed by atoms with Crippen molar-refractivity contribution in [2.24, 2.45) is 0 Å². The molecule has 4 nitrogen and oxygen atoms in total. The molecule has 0 spiro atoms. The Bertz CT molecular complexity index is 316. The number of nitrogens with one attached hydrogen (secondary N) is 2. The average Bonchev–Trinajstić information content (AvgIpc) is 2.09. The zero-order valence-electron chi connectivity index (χ0n) is 15.0. The molecular formula is C12H34N4Si4. The van der Waals surface area contributed by atoms with Crippen LogP contribution < -0.4 is 9.30 Å². The normalized spacial score (nSPS) is 25.6. The van der Waals surface area contributed by atoms with E-state index in [1.807, 2.05) is 0 Å². The van der Waals surface area contributed by atoms with Crippen LogP contribution in [0.4, 0.5) is 0 Å². The first-order chi connectivity index (χ1) is 8.78. The van der Waals surface area contributed by atoms with Gasteiger partial charge in [-0.1, -0.05) is 27.7 Å². The summed E-state index contributed by atoms with van der Waals surface area (Å²) in [4.78, 5) is 0. The second kappa shape index (κ2) is 6.07. The Hall–Kier alpha value is 0.708. The molecular weight excluding hydrogens is 313 g/mol. The number of hydrogen-bond donors (Lipinski definition) is 2. The quantitative estimate of drug-likeness (QED) is 0.764. The van der Waals surface area contributed by atoms with Crippen LogP contribution in [0.25, 0.3) is 0 Å². The third-order valence-electron chi connectivity index (χ3n) is 3.68. The van der Waals surface area contributed by atoms with E-state index in [-0.39, 0.29) is 0 Å². The van der Waals surface area contributed by atoms with E-state index in [4.69, 9.17) is 0 Å². The van der Waals surface area contributed by atoms with Crippen LogP contribution >= 0.6 is 0 Å². The summed E-state index contributed by atoms with van der Waals surface area (Å²) in [5.41, 5.74) is 0. The minimum atomic E-state index is -1.53. The fourth-order valence-corrected chi connectivity index (χ4v) is 28.5. The Kier molecular flexibility index (Phi) is 5.69. The molecule has 1 aliphatic heterocycles. The van der Waals surface area contributed by atoms with E-state index < -0.39 is 25.2 Å². The smallest absolute Gasteiger partial charge is 0.238 e. The summed E-state index contributed by atoms with van der Waals surface area (Å²) in [5, 5.41) is 0. The molecule has 1 rings (SSSR count). The maximum atomic E-state index is 4.03. The molecule has 8 heteroatoms. The van der Waals surface area contributed by atoms with E-state index in [0.717, 1.165) is 9.84 Å². The Morgan fingerprint density at radius 1 is 0.800 bits per heavy atom. The SMILES string of the molecule is CC(C)N([Si]N1[Si](C)(C)N[Si](C)(C)N[Si]1(C)C)C(C)C. The van der Waals surface area contributed by atoms with Crippen molar-refractivity contribution in [1.29, 1.82) is 0 Å². The van der Waals surface area contributed by atoms with Gasteiger partial charge in [0.25, 0.3) is 0 Å². The van der Waals surface area contributed by atoms with Crippen LogP contribution in [-0.4, -0.2) is 55.6 Å². The van der Waals surface area contributed by atoms with E-state index in [0.29, 0.717) is 12.1 Å². The summed E-state index contributed by atoms with van der Waals surface area (Å²) in [6.07, 6.45) is 0. The van der Waals surface area contributed by atoms with Crippen molar-refractivity contribution in [3.05, 3.63) is 0 Å². The molecule has 0 aromatic carbocycles. The largest absolute Gasteiger partial charge is 0.337 e. The van der Waals surface area contributed by atoms with Crippen molar-refractivity contribution in [2.75, 3.05) is 0 Å². The van der Waals surface area contributed by atoms with Gasteiger partial charge in [0.05, 0.1) is 0 Å². The lowest BCUT2D eigenvalue weighted by Gasteiger charge is -2.58. The van der Waals surface area contributed by atoms with E-state index in [2.05, 4.69) is 84.7 Å². The molecule has 2 N–H and O–H groups in total. The fourth-order valence-electron chi connectivity index (χ4n) is 3.56. The lowest BCUT2D eigenvalue weighted by molar-refractivity contribution is 0.303. The van der Waals surface area contributed by atoms with Gasteiger partial charge in [0, 0.05) is 0 Å². The van der Waals surface area contributed by atoms with Gasteiger partial charge in [-0.05, 0) is 51.4 Å². The molecule has 1 fully saturated rings.